The van der Waals surface area contributed by atoms with E-state index >= 15 is 0 Å². The van der Waals surface area contributed by atoms with Gasteiger partial charge >= 0.3 is 0 Å². The molecule has 0 unspecified atom stereocenters. The van der Waals surface area contributed by atoms with Crippen LogP contribution in [0.2, 0.25) is 0 Å². The largest absolute Gasteiger partial charge is 0.436 e. The van der Waals surface area contributed by atoms with Crippen molar-refractivity contribution in [1.29, 1.82) is 0 Å². The number of nitrogen functional groups attached to an aromatic ring is 1. The van der Waals surface area contributed by atoms with Crippen LogP contribution in [-0.2, 0) is 0 Å². The first-order valence-corrected chi connectivity index (χ1v) is 6.64. The van der Waals surface area contributed by atoms with Gasteiger partial charge in [0.2, 0.25) is 5.89 Å². The number of nitrogens with two attached hydrogens (primary N) is 1. The number of rotatable bonds is 1. The molecule has 0 saturated heterocycles. The predicted molar refractivity (Wildman–Crippen MR) is 81.3 cm³/mol. The van der Waals surface area contributed by atoms with Crippen molar-refractivity contribution in [1.82, 2.24) is 4.98 Å². The third-order valence-corrected chi connectivity index (χ3v) is 3.54. The molecule has 2 N–H and O–H groups in total. The molecule has 0 aliphatic heterocycles. The second kappa shape index (κ2) is 4.28. The quantitative estimate of drug-likeness (QED) is 0.533. The topological polar surface area (TPSA) is 52.0 Å². The van der Waals surface area contributed by atoms with Crippen LogP contribution < -0.4 is 5.73 Å². The maximum absolute atomic E-state index is 5.98. The van der Waals surface area contributed by atoms with E-state index in [9.17, 15) is 0 Å². The summed E-state index contributed by atoms with van der Waals surface area (Å²) in [6.45, 7) is 2.02. The molecule has 2 aromatic carbocycles. The molecule has 0 radical (unpaired) electrons. The third kappa shape index (κ3) is 1.86. The lowest BCUT2D eigenvalue weighted by Crippen LogP contribution is -1.90. The standard InChI is InChI=1S/C14H11IN2O/c1-8-3-2-4-12-13(8)17-14(18-12)10-7-9(15)5-6-11(10)16/h2-7H,16H2,1H3. The Morgan fingerprint density at radius 1 is 1.22 bits per heavy atom. The molecule has 18 heavy (non-hydrogen) atoms. The van der Waals surface area contributed by atoms with Crippen LogP contribution >= 0.6 is 22.6 Å². The highest BCUT2D eigenvalue weighted by atomic mass is 127. The number of halogens is 1. The fraction of sp³-hybridized carbons (Fsp3) is 0.0714. The highest BCUT2D eigenvalue weighted by molar-refractivity contribution is 14.1. The molecule has 1 aromatic heterocycles. The van der Waals surface area contributed by atoms with Gasteiger partial charge in [0.15, 0.2) is 5.58 Å². The summed E-state index contributed by atoms with van der Waals surface area (Å²) in [5, 5.41) is 0. The van der Waals surface area contributed by atoms with Crippen LogP contribution in [0.15, 0.2) is 40.8 Å². The van der Waals surface area contributed by atoms with Crippen molar-refractivity contribution in [3.63, 3.8) is 0 Å². The first kappa shape index (κ1) is 11.5. The molecule has 1 heterocycles. The molecule has 3 aromatic rings. The van der Waals surface area contributed by atoms with Crippen molar-refractivity contribution < 1.29 is 4.42 Å². The van der Waals surface area contributed by atoms with Crippen LogP contribution in [0.3, 0.4) is 0 Å². The number of hydrogen-bond donors (Lipinski definition) is 1. The molecule has 0 spiro atoms. The van der Waals surface area contributed by atoms with Crippen molar-refractivity contribution in [2.24, 2.45) is 0 Å². The zero-order chi connectivity index (χ0) is 12.7. The van der Waals surface area contributed by atoms with E-state index in [1.165, 1.54) is 0 Å². The molecule has 4 heteroatoms. The summed E-state index contributed by atoms with van der Waals surface area (Å²) in [6, 6.07) is 11.7. The number of aryl methyl sites for hydroxylation is 1. The highest BCUT2D eigenvalue weighted by Crippen LogP contribution is 2.30. The SMILES string of the molecule is Cc1cccc2oc(-c3cc(I)ccc3N)nc12. The van der Waals surface area contributed by atoms with E-state index in [2.05, 4.69) is 27.6 Å². The number of fused-ring (bicyclic) bond motifs is 1. The molecule has 0 bridgehead atoms. The summed E-state index contributed by atoms with van der Waals surface area (Å²) in [4.78, 5) is 4.53. The molecule has 0 amide bonds. The maximum atomic E-state index is 5.98. The molecule has 90 valence electrons. The Hall–Kier alpha value is -1.56. The van der Waals surface area contributed by atoms with Crippen LogP contribution in [0.4, 0.5) is 5.69 Å². The average molecular weight is 350 g/mol. The van der Waals surface area contributed by atoms with E-state index < -0.39 is 0 Å². The average Bonchev–Trinajstić information content (AvgIpc) is 2.77. The number of oxazole rings is 1. The van der Waals surface area contributed by atoms with Gasteiger partial charge in [0, 0.05) is 9.26 Å². The number of nitrogens with zero attached hydrogens (tertiary/aromatic N) is 1. The minimum absolute atomic E-state index is 0.579. The number of benzene rings is 2. The lowest BCUT2D eigenvalue weighted by molar-refractivity contribution is 0.620. The van der Waals surface area contributed by atoms with Crippen LogP contribution in [0.1, 0.15) is 5.56 Å². The number of aromatic nitrogens is 1. The van der Waals surface area contributed by atoms with Gasteiger partial charge in [-0.15, -0.1) is 0 Å². The minimum Gasteiger partial charge on any atom is -0.436 e. The van der Waals surface area contributed by atoms with E-state index in [1.54, 1.807) is 0 Å². The van der Waals surface area contributed by atoms with Crippen molar-refractivity contribution in [2.75, 3.05) is 5.73 Å². The molecule has 0 aliphatic rings. The lowest BCUT2D eigenvalue weighted by Gasteiger charge is -2.01. The second-order valence-electron chi connectivity index (χ2n) is 4.17. The Kier molecular flexibility index (Phi) is 2.74. The minimum atomic E-state index is 0.579. The fourth-order valence-corrected chi connectivity index (χ4v) is 2.41. The maximum Gasteiger partial charge on any atom is 0.229 e. The van der Waals surface area contributed by atoms with Gasteiger partial charge in [-0.3, -0.25) is 0 Å². The normalized spacial score (nSPS) is 11.0. The fourth-order valence-electron chi connectivity index (χ4n) is 1.92. The summed E-state index contributed by atoms with van der Waals surface area (Å²) >= 11 is 2.25. The molecular formula is C14H11IN2O. The number of anilines is 1. The predicted octanol–water partition coefficient (Wildman–Crippen LogP) is 3.99. The van der Waals surface area contributed by atoms with Crippen LogP contribution in [0.5, 0.6) is 0 Å². The van der Waals surface area contributed by atoms with E-state index in [4.69, 9.17) is 10.2 Å². The number of para-hydroxylation sites is 1. The van der Waals surface area contributed by atoms with Crippen molar-refractivity contribution >= 4 is 39.4 Å². The Bertz CT molecular complexity index is 734. The van der Waals surface area contributed by atoms with Crippen LogP contribution in [0.25, 0.3) is 22.6 Å². The first-order chi connectivity index (χ1) is 8.65. The summed E-state index contributed by atoms with van der Waals surface area (Å²) in [6.07, 6.45) is 0. The zero-order valence-corrected chi connectivity index (χ0v) is 11.9. The van der Waals surface area contributed by atoms with Gasteiger partial charge in [0.05, 0.1) is 5.56 Å². The van der Waals surface area contributed by atoms with Gasteiger partial charge in [-0.05, 0) is 59.3 Å². The number of hydrogen-bond acceptors (Lipinski definition) is 3. The Balaban J connectivity index is 2.26. The van der Waals surface area contributed by atoms with E-state index in [1.807, 2.05) is 43.3 Å². The van der Waals surface area contributed by atoms with E-state index in [0.29, 0.717) is 11.6 Å². The van der Waals surface area contributed by atoms with Gasteiger partial charge < -0.3 is 10.2 Å². The molecular weight excluding hydrogens is 339 g/mol. The van der Waals surface area contributed by atoms with Gasteiger partial charge in [-0.2, -0.15) is 0 Å². The molecule has 0 fully saturated rings. The summed E-state index contributed by atoms with van der Waals surface area (Å²) in [5.41, 5.74) is 10.3. The van der Waals surface area contributed by atoms with Crippen LogP contribution in [0, 0.1) is 10.5 Å². The van der Waals surface area contributed by atoms with Crippen molar-refractivity contribution in [3.8, 4) is 11.5 Å². The molecule has 3 nitrogen and oxygen atoms in total. The van der Waals surface area contributed by atoms with E-state index in [-0.39, 0.29) is 0 Å². The Morgan fingerprint density at radius 2 is 2.06 bits per heavy atom. The molecule has 3 rings (SSSR count). The van der Waals surface area contributed by atoms with Gasteiger partial charge in [0.25, 0.3) is 0 Å². The molecule has 0 aliphatic carbocycles. The van der Waals surface area contributed by atoms with Gasteiger partial charge in [-0.25, -0.2) is 4.98 Å². The van der Waals surface area contributed by atoms with Crippen LogP contribution in [-0.4, -0.2) is 4.98 Å². The Labute approximate surface area is 118 Å². The summed E-state index contributed by atoms with van der Waals surface area (Å²) < 4.78 is 6.88. The zero-order valence-electron chi connectivity index (χ0n) is 9.77. The smallest absolute Gasteiger partial charge is 0.229 e. The summed E-state index contributed by atoms with van der Waals surface area (Å²) in [5.74, 6) is 0.579. The molecule has 0 atom stereocenters. The van der Waals surface area contributed by atoms with Gasteiger partial charge in [-0.1, -0.05) is 12.1 Å². The Morgan fingerprint density at radius 3 is 2.83 bits per heavy atom. The van der Waals surface area contributed by atoms with Crippen molar-refractivity contribution in [2.45, 2.75) is 6.92 Å². The summed E-state index contributed by atoms with van der Waals surface area (Å²) in [7, 11) is 0. The molecule has 0 saturated carbocycles. The lowest BCUT2D eigenvalue weighted by atomic mass is 10.2. The monoisotopic (exact) mass is 350 g/mol. The van der Waals surface area contributed by atoms with E-state index in [0.717, 1.165) is 25.8 Å². The second-order valence-corrected chi connectivity index (χ2v) is 5.42. The third-order valence-electron chi connectivity index (χ3n) is 2.87. The first-order valence-electron chi connectivity index (χ1n) is 5.57. The highest BCUT2D eigenvalue weighted by Gasteiger charge is 2.12. The van der Waals surface area contributed by atoms with Crippen molar-refractivity contribution in [3.05, 3.63) is 45.5 Å². The van der Waals surface area contributed by atoms with Gasteiger partial charge in [0.1, 0.15) is 5.52 Å².